The molecule has 0 unspecified atom stereocenters. The van der Waals surface area contributed by atoms with Gasteiger partial charge >= 0.3 is 5.97 Å². The Morgan fingerprint density at radius 3 is 2.46 bits per heavy atom. The van der Waals surface area contributed by atoms with E-state index in [4.69, 9.17) is 5.11 Å². The van der Waals surface area contributed by atoms with Crippen LogP contribution in [-0.4, -0.2) is 25.2 Å². The van der Waals surface area contributed by atoms with Crippen LogP contribution in [0.4, 0.5) is 11.4 Å². The highest BCUT2D eigenvalue weighted by atomic mass is 16.4. The molecule has 0 saturated heterocycles. The summed E-state index contributed by atoms with van der Waals surface area (Å²) in [4.78, 5) is 10.7. The fourth-order valence-electron chi connectivity index (χ4n) is 1.09. The molecule has 13 heavy (non-hydrogen) atoms. The summed E-state index contributed by atoms with van der Waals surface area (Å²) in [5, 5.41) is 14.6. The number of carbonyl (C=O) groups is 1. The third-order valence-corrected chi connectivity index (χ3v) is 1.81. The lowest BCUT2D eigenvalue weighted by Gasteiger charge is -2.07. The normalized spacial score (nSPS) is 9.38. The highest BCUT2D eigenvalue weighted by Gasteiger charge is 2.08. The summed E-state index contributed by atoms with van der Waals surface area (Å²) in [5.74, 6) is -0.924. The molecule has 0 fully saturated rings. The summed E-state index contributed by atoms with van der Waals surface area (Å²) in [6.45, 7) is 0. The summed E-state index contributed by atoms with van der Waals surface area (Å²) in [7, 11) is 3.48. The SMILES string of the molecule is CNc1ccc(C(=O)O)c(NC)c1. The Bertz CT molecular complexity index is 323. The molecule has 0 atom stereocenters. The van der Waals surface area contributed by atoms with Crippen LogP contribution in [-0.2, 0) is 0 Å². The zero-order valence-corrected chi connectivity index (χ0v) is 7.59. The van der Waals surface area contributed by atoms with E-state index < -0.39 is 5.97 Å². The second kappa shape index (κ2) is 3.80. The second-order valence-electron chi connectivity index (χ2n) is 2.57. The molecule has 0 radical (unpaired) electrons. The Morgan fingerprint density at radius 1 is 1.31 bits per heavy atom. The van der Waals surface area contributed by atoms with Gasteiger partial charge in [0.05, 0.1) is 11.3 Å². The molecule has 70 valence electrons. The van der Waals surface area contributed by atoms with Gasteiger partial charge in [-0.1, -0.05) is 0 Å². The lowest BCUT2D eigenvalue weighted by Crippen LogP contribution is -2.03. The molecule has 0 spiro atoms. The van der Waals surface area contributed by atoms with Gasteiger partial charge in [0.25, 0.3) is 0 Å². The van der Waals surface area contributed by atoms with Crippen molar-refractivity contribution in [3.8, 4) is 0 Å². The lowest BCUT2D eigenvalue weighted by molar-refractivity contribution is 0.0698. The number of rotatable bonds is 3. The number of hydrogen-bond donors (Lipinski definition) is 3. The molecule has 0 amide bonds. The average molecular weight is 180 g/mol. The van der Waals surface area contributed by atoms with Crippen molar-refractivity contribution in [2.75, 3.05) is 24.7 Å². The van der Waals surface area contributed by atoms with E-state index in [1.54, 1.807) is 32.3 Å². The van der Waals surface area contributed by atoms with Crippen LogP contribution in [0, 0.1) is 0 Å². The molecule has 4 nitrogen and oxygen atoms in total. The van der Waals surface area contributed by atoms with Crippen LogP contribution < -0.4 is 10.6 Å². The van der Waals surface area contributed by atoms with Crippen molar-refractivity contribution in [1.82, 2.24) is 0 Å². The van der Waals surface area contributed by atoms with Crippen molar-refractivity contribution < 1.29 is 9.90 Å². The highest BCUT2D eigenvalue weighted by Crippen LogP contribution is 2.19. The van der Waals surface area contributed by atoms with Crippen LogP contribution in [0.5, 0.6) is 0 Å². The summed E-state index contributed by atoms with van der Waals surface area (Å²) >= 11 is 0. The number of aromatic carboxylic acids is 1. The third kappa shape index (κ3) is 1.90. The number of anilines is 2. The molecule has 0 aliphatic heterocycles. The first-order valence-electron chi connectivity index (χ1n) is 3.92. The Balaban J connectivity index is 3.15. The quantitative estimate of drug-likeness (QED) is 0.659. The molecule has 0 aliphatic carbocycles. The van der Waals surface area contributed by atoms with Gasteiger partial charge in [0.1, 0.15) is 0 Å². The van der Waals surface area contributed by atoms with E-state index in [1.807, 2.05) is 0 Å². The predicted molar refractivity (Wildman–Crippen MR) is 52.5 cm³/mol. The first-order chi connectivity index (χ1) is 6.19. The Morgan fingerprint density at radius 2 is 2.00 bits per heavy atom. The van der Waals surface area contributed by atoms with E-state index in [-0.39, 0.29) is 5.56 Å². The molecule has 4 heteroatoms. The molecule has 1 aromatic rings. The molecular formula is C9H12N2O2. The molecule has 0 heterocycles. The van der Waals surface area contributed by atoms with Crippen LogP contribution in [0.2, 0.25) is 0 Å². The summed E-state index contributed by atoms with van der Waals surface area (Å²) in [6.07, 6.45) is 0. The number of carboxylic acids is 1. The van der Waals surface area contributed by atoms with E-state index >= 15 is 0 Å². The van der Waals surface area contributed by atoms with Gasteiger partial charge in [0.15, 0.2) is 0 Å². The van der Waals surface area contributed by atoms with Gasteiger partial charge in [-0.2, -0.15) is 0 Å². The minimum Gasteiger partial charge on any atom is -0.478 e. The highest BCUT2D eigenvalue weighted by molar-refractivity contribution is 5.95. The van der Waals surface area contributed by atoms with E-state index in [9.17, 15) is 4.79 Å². The maximum Gasteiger partial charge on any atom is 0.337 e. The van der Waals surface area contributed by atoms with Crippen LogP contribution >= 0.6 is 0 Å². The summed E-state index contributed by atoms with van der Waals surface area (Å²) in [5.41, 5.74) is 1.77. The smallest absolute Gasteiger partial charge is 0.337 e. The number of benzene rings is 1. The maximum absolute atomic E-state index is 10.7. The van der Waals surface area contributed by atoms with Crippen molar-refractivity contribution in [2.45, 2.75) is 0 Å². The minimum atomic E-state index is -0.924. The van der Waals surface area contributed by atoms with Crippen LogP contribution in [0.15, 0.2) is 18.2 Å². The Labute approximate surface area is 76.6 Å². The molecule has 0 aromatic heterocycles. The van der Waals surface area contributed by atoms with Crippen molar-refractivity contribution >= 4 is 17.3 Å². The van der Waals surface area contributed by atoms with Crippen molar-refractivity contribution in [1.29, 1.82) is 0 Å². The van der Waals surface area contributed by atoms with Crippen LogP contribution in [0.25, 0.3) is 0 Å². The molecule has 0 bridgehead atoms. The third-order valence-electron chi connectivity index (χ3n) is 1.81. The topological polar surface area (TPSA) is 61.4 Å². The van der Waals surface area contributed by atoms with Gasteiger partial charge in [-0.15, -0.1) is 0 Å². The van der Waals surface area contributed by atoms with Gasteiger partial charge in [-0.3, -0.25) is 0 Å². The molecule has 1 aromatic carbocycles. The number of carboxylic acid groups (broad SMARTS) is 1. The van der Waals surface area contributed by atoms with E-state index in [0.29, 0.717) is 5.69 Å². The standard InChI is InChI=1S/C9H12N2O2/c1-10-6-3-4-7(9(12)13)8(5-6)11-2/h3-5,10-11H,1-2H3,(H,12,13). The van der Waals surface area contributed by atoms with E-state index in [1.165, 1.54) is 0 Å². The fraction of sp³-hybridized carbons (Fsp3) is 0.222. The maximum atomic E-state index is 10.7. The largest absolute Gasteiger partial charge is 0.478 e. The van der Waals surface area contributed by atoms with Crippen molar-refractivity contribution in [2.24, 2.45) is 0 Å². The Kier molecular flexibility index (Phi) is 2.74. The minimum absolute atomic E-state index is 0.279. The van der Waals surface area contributed by atoms with Gasteiger partial charge in [0.2, 0.25) is 0 Å². The lowest BCUT2D eigenvalue weighted by atomic mass is 10.1. The molecular weight excluding hydrogens is 168 g/mol. The average Bonchev–Trinajstić information content (AvgIpc) is 2.16. The number of hydrogen-bond acceptors (Lipinski definition) is 3. The van der Waals surface area contributed by atoms with Gasteiger partial charge < -0.3 is 15.7 Å². The van der Waals surface area contributed by atoms with Crippen LogP contribution in [0.3, 0.4) is 0 Å². The zero-order valence-electron chi connectivity index (χ0n) is 7.59. The van der Waals surface area contributed by atoms with E-state index in [0.717, 1.165) is 5.69 Å². The predicted octanol–water partition coefficient (Wildman–Crippen LogP) is 1.47. The number of nitrogens with one attached hydrogen (secondary N) is 2. The molecule has 3 N–H and O–H groups in total. The van der Waals surface area contributed by atoms with Crippen molar-refractivity contribution in [3.63, 3.8) is 0 Å². The van der Waals surface area contributed by atoms with E-state index in [2.05, 4.69) is 10.6 Å². The first kappa shape index (κ1) is 9.38. The summed E-state index contributed by atoms with van der Waals surface area (Å²) < 4.78 is 0. The first-order valence-corrected chi connectivity index (χ1v) is 3.92. The van der Waals surface area contributed by atoms with Crippen molar-refractivity contribution in [3.05, 3.63) is 23.8 Å². The molecule has 0 aliphatic rings. The Hall–Kier alpha value is -1.71. The van der Waals surface area contributed by atoms with Gasteiger partial charge in [-0.05, 0) is 18.2 Å². The molecule has 1 rings (SSSR count). The molecule has 0 saturated carbocycles. The van der Waals surface area contributed by atoms with Gasteiger partial charge in [-0.25, -0.2) is 4.79 Å². The van der Waals surface area contributed by atoms with Gasteiger partial charge in [0, 0.05) is 19.8 Å². The second-order valence-corrected chi connectivity index (χ2v) is 2.57. The van der Waals surface area contributed by atoms with Crippen LogP contribution in [0.1, 0.15) is 10.4 Å². The zero-order chi connectivity index (χ0) is 9.84. The monoisotopic (exact) mass is 180 g/mol. The fourth-order valence-corrected chi connectivity index (χ4v) is 1.09. The summed E-state index contributed by atoms with van der Waals surface area (Å²) in [6, 6.07) is 5.05.